The molecule has 24 heavy (non-hydrogen) atoms. The molecule has 0 unspecified atom stereocenters. The summed E-state index contributed by atoms with van der Waals surface area (Å²) in [5.41, 5.74) is 4.37. The molecule has 5 rings (SSSR count). The molecule has 0 saturated carbocycles. The molecule has 1 saturated heterocycles. The van der Waals surface area contributed by atoms with E-state index in [0.717, 1.165) is 25.4 Å². The van der Waals surface area contributed by atoms with Gasteiger partial charge in [-0.2, -0.15) is 0 Å². The number of nitrogens with zero attached hydrogens (tertiary/aromatic N) is 2. The molecular weight excluding hydrogens is 300 g/mol. The van der Waals surface area contributed by atoms with E-state index in [-0.39, 0.29) is 10.6 Å². The lowest BCUT2D eigenvalue weighted by Gasteiger charge is -2.42. The summed E-state index contributed by atoms with van der Waals surface area (Å²) < 4.78 is 0. The number of fused-ring (bicyclic) bond motifs is 2. The molecule has 4 heteroatoms. The molecular formula is C20H22N2O2. The first-order valence-corrected chi connectivity index (χ1v) is 8.73. The van der Waals surface area contributed by atoms with Crippen molar-refractivity contribution >= 4 is 5.69 Å². The third kappa shape index (κ3) is 3.06. The minimum Gasteiger partial charge on any atom is -0.296 e. The van der Waals surface area contributed by atoms with Crippen LogP contribution in [-0.2, 0) is 19.4 Å². The normalized spacial score (nSPS) is 23.3. The van der Waals surface area contributed by atoms with Crippen LogP contribution in [0.3, 0.4) is 0 Å². The zero-order valence-electron chi connectivity index (χ0n) is 13.7. The molecule has 2 aromatic rings. The summed E-state index contributed by atoms with van der Waals surface area (Å²) in [7, 11) is 0. The molecule has 1 fully saturated rings. The van der Waals surface area contributed by atoms with Crippen molar-refractivity contribution in [2.45, 2.75) is 38.3 Å². The summed E-state index contributed by atoms with van der Waals surface area (Å²) in [5, 5.41) is 10.8. The summed E-state index contributed by atoms with van der Waals surface area (Å²) in [6, 6.07) is 16.5. The van der Waals surface area contributed by atoms with Crippen LogP contribution in [0.2, 0.25) is 0 Å². The highest BCUT2D eigenvalue weighted by molar-refractivity contribution is 5.33. The second-order valence-electron chi connectivity index (χ2n) is 7.13. The van der Waals surface area contributed by atoms with Crippen LogP contribution in [-0.4, -0.2) is 22.4 Å². The van der Waals surface area contributed by atoms with Gasteiger partial charge in [0, 0.05) is 31.3 Å². The average molecular weight is 322 g/mol. The van der Waals surface area contributed by atoms with Gasteiger partial charge in [-0.25, -0.2) is 0 Å². The fourth-order valence-electron chi connectivity index (χ4n) is 4.25. The smallest absolute Gasteiger partial charge is 0.269 e. The lowest BCUT2D eigenvalue weighted by Crippen LogP contribution is -2.46. The highest BCUT2D eigenvalue weighted by Crippen LogP contribution is 2.33. The number of non-ortho nitro benzene ring substituents is 1. The van der Waals surface area contributed by atoms with Gasteiger partial charge >= 0.3 is 0 Å². The number of nitro benzene ring substituents is 1. The molecule has 2 aliphatic heterocycles. The Labute approximate surface area is 142 Å². The number of benzene rings is 2. The van der Waals surface area contributed by atoms with Gasteiger partial charge in [-0.15, -0.1) is 0 Å². The summed E-state index contributed by atoms with van der Waals surface area (Å²) >= 11 is 0. The molecule has 2 bridgehead atoms. The molecule has 1 aliphatic carbocycles. The van der Waals surface area contributed by atoms with Crippen LogP contribution in [0, 0.1) is 16.0 Å². The Morgan fingerprint density at radius 2 is 1.71 bits per heavy atom. The second-order valence-corrected chi connectivity index (χ2v) is 7.13. The van der Waals surface area contributed by atoms with Gasteiger partial charge in [0.15, 0.2) is 0 Å². The van der Waals surface area contributed by atoms with Crippen molar-refractivity contribution < 1.29 is 4.92 Å². The molecule has 2 atom stereocenters. The van der Waals surface area contributed by atoms with Crippen molar-refractivity contribution in [3.05, 3.63) is 75.3 Å². The zero-order valence-corrected chi connectivity index (χ0v) is 13.7. The zero-order chi connectivity index (χ0) is 16.5. The van der Waals surface area contributed by atoms with Crippen LogP contribution >= 0.6 is 0 Å². The maximum absolute atomic E-state index is 10.8. The fraction of sp³-hybridized carbons (Fsp3) is 0.400. The molecule has 0 amide bonds. The minimum atomic E-state index is -0.335. The van der Waals surface area contributed by atoms with E-state index in [1.54, 1.807) is 12.1 Å². The molecule has 0 aromatic heterocycles. The van der Waals surface area contributed by atoms with Gasteiger partial charge in [0.25, 0.3) is 5.69 Å². The maximum atomic E-state index is 10.8. The van der Waals surface area contributed by atoms with E-state index in [1.165, 1.54) is 36.0 Å². The number of piperidine rings is 1. The first-order chi connectivity index (χ1) is 11.7. The summed E-state index contributed by atoms with van der Waals surface area (Å²) in [5.74, 6) is 0.723. The van der Waals surface area contributed by atoms with Crippen molar-refractivity contribution in [1.29, 1.82) is 0 Å². The van der Waals surface area contributed by atoms with Gasteiger partial charge in [0.2, 0.25) is 0 Å². The Balaban J connectivity index is 1.53. The average Bonchev–Trinajstić information content (AvgIpc) is 2.56. The van der Waals surface area contributed by atoms with E-state index in [1.807, 2.05) is 12.1 Å². The van der Waals surface area contributed by atoms with Gasteiger partial charge in [0.05, 0.1) is 4.92 Å². The van der Waals surface area contributed by atoms with Gasteiger partial charge in [-0.3, -0.25) is 15.0 Å². The quantitative estimate of drug-likeness (QED) is 0.634. The Morgan fingerprint density at radius 1 is 1.00 bits per heavy atom. The highest BCUT2D eigenvalue weighted by atomic mass is 16.6. The third-order valence-corrected chi connectivity index (χ3v) is 5.53. The monoisotopic (exact) mass is 322 g/mol. The minimum absolute atomic E-state index is 0.168. The first-order valence-electron chi connectivity index (χ1n) is 8.73. The van der Waals surface area contributed by atoms with Gasteiger partial charge in [0.1, 0.15) is 0 Å². The molecule has 3 aliphatic rings. The number of rotatable bonds is 3. The lowest BCUT2D eigenvalue weighted by molar-refractivity contribution is -0.384. The van der Waals surface area contributed by atoms with Crippen LogP contribution in [0.4, 0.5) is 5.69 Å². The molecule has 0 N–H and O–H groups in total. The van der Waals surface area contributed by atoms with E-state index in [0.29, 0.717) is 6.04 Å². The lowest BCUT2D eigenvalue weighted by atomic mass is 9.80. The van der Waals surface area contributed by atoms with E-state index in [4.69, 9.17) is 0 Å². The highest BCUT2D eigenvalue weighted by Gasteiger charge is 2.31. The summed E-state index contributed by atoms with van der Waals surface area (Å²) in [6.45, 7) is 2.03. The van der Waals surface area contributed by atoms with Crippen molar-refractivity contribution in [3.63, 3.8) is 0 Å². The SMILES string of the molecule is O=[N+]([O-])c1ccc(CN2C[C@@H]3CC[C@H]2Cc2ccccc2C3)cc1. The van der Waals surface area contributed by atoms with Gasteiger partial charge in [-0.1, -0.05) is 36.4 Å². The molecule has 124 valence electrons. The standard InChI is InChI=1S/C20H22N2O2/c23-22(24)19-8-5-15(6-9-19)13-21-14-16-7-10-20(21)12-18-4-2-1-3-17(18)11-16/h1-6,8-9,16,20H,7,10-14H2/t16-,20+/m1/s1. The van der Waals surface area contributed by atoms with Crippen LogP contribution in [0.15, 0.2) is 48.5 Å². The summed E-state index contributed by atoms with van der Waals surface area (Å²) in [4.78, 5) is 13.1. The largest absolute Gasteiger partial charge is 0.296 e. The van der Waals surface area contributed by atoms with Crippen molar-refractivity contribution in [3.8, 4) is 0 Å². The van der Waals surface area contributed by atoms with Crippen LogP contribution in [0.25, 0.3) is 0 Å². The third-order valence-electron chi connectivity index (χ3n) is 5.53. The van der Waals surface area contributed by atoms with E-state index >= 15 is 0 Å². The molecule has 4 nitrogen and oxygen atoms in total. The van der Waals surface area contributed by atoms with Crippen molar-refractivity contribution in [2.24, 2.45) is 5.92 Å². The Bertz CT molecular complexity index is 742. The van der Waals surface area contributed by atoms with Crippen LogP contribution in [0.5, 0.6) is 0 Å². The van der Waals surface area contributed by atoms with Crippen molar-refractivity contribution in [1.82, 2.24) is 4.90 Å². The summed E-state index contributed by atoms with van der Waals surface area (Å²) in [6.07, 6.45) is 4.87. The number of hydrogen-bond donors (Lipinski definition) is 0. The molecule has 0 spiro atoms. The van der Waals surface area contributed by atoms with E-state index in [9.17, 15) is 10.1 Å². The topological polar surface area (TPSA) is 46.4 Å². The van der Waals surface area contributed by atoms with Gasteiger partial charge in [-0.05, 0) is 48.3 Å². The molecule has 2 aromatic carbocycles. The van der Waals surface area contributed by atoms with E-state index < -0.39 is 0 Å². The Hall–Kier alpha value is -2.20. The predicted molar refractivity (Wildman–Crippen MR) is 93.9 cm³/mol. The number of nitro groups is 1. The molecule has 0 radical (unpaired) electrons. The molecule has 2 heterocycles. The fourth-order valence-corrected chi connectivity index (χ4v) is 4.25. The second kappa shape index (κ2) is 6.36. The predicted octanol–water partition coefficient (Wildman–Crippen LogP) is 3.97. The van der Waals surface area contributed by atoms with Crippen LogP contribution in [0.1, 0.15) is 29.5 Å². The number of hydrogen-bond acceptors (Lipinski definition) is 3. The van der Waals surface area contributed by atoms with E-state index in [2.05, 4.69) is 29.2 Å². The van der Waals surface area contributed by atoms with Gasteiger partial charge < -0.3 is 0 Å². The Kier molecular flexibility index (Phi) is 4.07. The van der Waals surface area contributed by atoms with Crippen LogP contribution < -0.4 is 0 Å². The first kappa shape index (κ1) is 15.3. The van der Waals surface area contributed by atoms with Crippen molar-refractivity contribution in [2.75, 3.05) is 6.54 Å². The Morgan fingerprint density at radius 3 is 2.42 bits per heavy atom. The maximum Gasteiger partial charge on any atom is 0.269 e.